The Hall–Kier alpha value is -2.19. The normalized spacial score (nSPS) is 15.3. The predicted molar refractivity (Wildman–Crippen MR) is 102 cm³/mol. The summed E-state index contributed by atoms with van der Waals surface area (Å²) in [6, 6.07) is 7.66. The van der Waals surface area contributed by atoms with Gasteiger partial charge in [0, 0.05) is 24.8 Å². The van der Waals surface area contributed by atoms with Crippen molar-refractivity contribution in [1.82, 2.24) is 5.32 Å². The molecule has 2 aromatic rings. The third-order valence-electron chi connectivity index (χ3n) is 4.52. The van der Waals surface area contributed by atoms with E-state index in [1.165, 1.54) is 18.2 Å². The minimum Gasteiger partial charge on any atom is -0.406 e. The second kappa shape index (κ2) is 8.67. The van der Waals surface area contributed by atoms with Gasteiger partial charge in [-0.2, -0.15) is 0 Å². The number of nitrogens with zero attached hydrogens (tertiary/aromatic N) is 1. The van der Waals surface area contributed by atoms with Crippen LogP contribution in [0.4, 0.5) is 23.2 Å². The van der Waals surface area contributed by atoms with Crippen LogP contribution in [0, 0.1) is 5.82 Å². The molecule has 0 atom stereocenters. The summed E-state index contributed by atoms with van der Waals surface area (Å²) in [6.07, 6.45) is -3.51. The Kier molecular flexibility index (Phi) is 6.43. The van der Waals surface area contributed by atoms with E-state index in [1.807, 2.05) is 4.90 Å². The Bertz CT molecular complexity index is 883. The van der Waals surface area contributed by atoms with Gasteiger partial charge in [0.1, 0.15) is 11.6 Å². The van der Waals surface area contributed by atoms with Gasteiger partial charge in [-0.15, -0.1) is 13.2 Å². The third kappa shape index (κ3) is 5.67. The number of anilines is 1. The van der Waals surface area contributed by atoms with Crippen LogP contribution < -0.4 is 15.0 Å². The second-order valence-corrected chi connectivity index (χ2v) is 7.34. The van der Waals surface area contributed by atoms with E-state index in [0.717, 1.165) is 11.8 Å². The molecule has 3 rings (SSSR count). The molecule has 0 aliphatic carbocycles. The zero-order valence-electron chi connectivity index (χ0n) is 14.9. The van der Waals surface area contributed by atoms with E-state index in [1.54, 1.807) is 12.1 Å². The molecule has 2 aromatic carbocycles. The van der Waals surface area contributed by atoms with E-state index >= 15 is 0 Å². The Labute approximate surface area is 174 Å². The minimum absolute atomic E-state index is 0.0104. The molecule has 0 saturated carbocycles. The largest absolute Gasteiger partial charge is 0.573 e. The molecule has 0 spiro atoms. The molecular formula is C19H16Cl2F4N2O2. The van der Waals surface area contributed by atoms with E-state index in [0.29, 0.717) is 25.9 Å². The van der Waals surface area contributed by atoms with E-state index in [-0.39, 0.29) is 27.4 Å². The Morgan fingerprint density at radius 3 is 2.28 bits per heavy atom. The summed E-state index contributed by atoms with van der Waals surface area (Å²) in [5.74, 6) is -1.50. The topological polar surface area (TPSA) is 41.6 Å². The van der Waals surface area contributed by atoms with Crippen LogP contribution in [0.3, 0.4) is 0 Å². The van der Waals surface area contributed by atoms with Crippen LogP contribution in [0.1, 0.15) is 23.2 Å². The fourth-order valence-electron chi connectivity index (χ4n) is 3.10. The number of hydrogen-bond donors (Lipinski definition) is 1. The van der Waals surface area contributed by atoms with Gasteiger partial charge in [-0.25, -0.2) is 4.39 Å². The molecule has 4 nitrogen and oxygen atoms in total. The van der Waals surface area contributed by atoms with Gasteiger partial charge in [0.15, 0.2) is 0 Å². The molecule has 156 valence electrons. The smallest absolute Gasteiger partial charge is 0.406 e. The molecule has 1 heterocycles. The summed E-state index contributed by atoms with van der Waals surface area (Å²) in [7, 11) is 0. The molecule has 10 heteroatoms. The van der Waals surface area contributed by atoms with Crippen molar-refractivity contribution >= 4 is 34.8 Å². The Morgan fingerprint density at radius 2 is 1.69 bits per heavy atom. The van der Waals surface area contributed by atoms with Gasteiger partial charge in [-0.3, -0.25) is 4.79 Å². The first-order valence-corrected chi connectivity index (χ1v) is 9.44. The molecule has 1 N–H and O–H groups in total. The minimum atomic E-state index is -4.73. The summed E-state index contributed by atoms with van der Waals surface area (Å²) >= 11 is 11.6. The number of amides is 1. The maximum atomic E-state index is 13.6. The quantitative estimate of drug-likeness (QED) is 0.498. The van der Waals surface area contributed by atoms with Crippen molar-refractivity contribution in [2.24, 2.45) is 0 Å². The van der Waals surface area contributed by atoms with Crippen molar-refractivity contribution in [3.63, 3.8) is 0 Å². The third-order valence-corrected chi connectivity index (χ3v) is 5.12. The maximum absolute atomic E-state index is 13.6. The summed E-state index contributed by atoms with van der Waals surface area (Å²) in [4.78, 5) is 14.4. The molecule has 29 heavy (non-hydrogen) atoms. The highest BCUT2D eigenvalue weighted by Crippen LogP contribution is 2.28. The van der Waals surface area contributed by atoms with Gasteiger partial charge < -0.3 is 15.0 Å². The van der Waals surface area contributed by atoms with Crippen LogP contribution >= 0.6 is 23.2 Å². The number of carbonyl (C=O) groups is 1. The molecule has 0 radical (unpaired) electrons. The monoisotopic (exact) mass is 450 g/mol. The zero-order valence-corrected chi connectivity index (χ0v) is 16.4. The Balaban J connectivity index is 1.55. The van der Waals surface area contributed by atoms with E-state index < -0.39 is 18.1 Å². The van der Waals surface area contributed by atoms with Crippen LogP contribution in [0.25, 0.3) is 0 Å². The van der Waals surface area contributed by atoms with E-state index in [2.05, 4.69) is 10.1 Å². The number of halogens is 6. The van der Waals surface area contributed by atoms with Crippen LogP contribution in [-0.4, -0.2) is 31.4 Å². The first-order valence-electron chi connectivity index (χ1n) is 8.68. The molecule has 0 unspecified atom stereocenters. The number of carbonyl (C=O) groups excluding carboxylic acids is 1. The number of benzene rings is 2. The van der Waals surface area contributed by atoms with Crippen LogP contribution in [0.5, 0.6) is 5.75 Å². The highest BCUT2D eigenvalue weighted by molar-refractivity contribution is 6.36. The lowest BCUT2D eigenvalue weighted by Crippen LogP contribution is -2.44. The van der Waals surface area contributed by atoms with Gasteiger partial charge in [-0.05, 0) is 49.2 Å². The van der Waals surface area contributed by atoms with Crippen molar-refractivity contribution in [2.75, 3.05) is 18.0 Å². The molecule has 0 bridgehead atoms. The standard InChI is InChI=1S/C19H16Cl2F4N2O2/c20-15-10-16(21)17(22)9-14(15)18(28)26-11-5-7-27(8-6-11)12-1-3-13(4-2-12)29-19(23,24)25/h1-4,9-11H,5-8H2,(H,26,28). The van der Waals surface area contributed by atoms with Gasteiger partial charge >= 0.3 is 6.36 Å². The van der Waals surface area contributed by atoms with Crippen molar-refractivity contribution in [1.29, 1.82) is 0 Å². The van der Waals surface area contributed by atoms with Crippen LogP contribution in [0.2, 0.25) is 10.0 Å². The Morgan fingerprint density at radius 1 is 1.07 bits per heavy atom. The lowest BCUT2D eigenvalue weighted by atomic mass is 10.0. The molecule has 1 saturated heterocycles. The van der Waals surface area contributed by atoms with Gasteiger partial charge in [0.2, 0.25) is 0 Å². The molecule has 1 aliphatic rings. The number of alkyl halides is 3. The van der Waals surface area contributed by atoms with Crippen molar-refractivity contribution < 1.29 is 27.1 Å². The van der Waals surface area contributed by atoms with Gasteiger partial charge in [0.25, 0.3) is 5.91 Å². The van der Waals surface area contributed by atoms with Crippen molar-refractivity contribution in [3.05, 3.63) is 57.8 Å². The number of piperidine rings is 1. The lowest BCUT2D eigenvalue weighted by molar-refractivity contribution is -0.274. The van der Waals surface area contributed by atoms with E-state index in [4.69, 9.17) is 23.2 Å². The molecule has 0 aromatic heterocycles. The number of rotatable bonds is 4. The number of hydrogen-bond acceptors (Lipinski definition) is 3. The lowest BCUT2D eigenvalue weighted by Gasteiger charge is -2.34. The highest BCUT2D eigenvalue weighted by Gasteiger charge is 2.31. The number of nitrogens with one attached hydrogen (secondary N) is 1. The molecular weight excluding hydrogens is 435 g/mol. The van der Waals surface area contributed by atoms with Crippen molar-refractivity contribution in [2.45, 2.75) is 25.2 Å². The molecule has 1 aliphatic heterocycles. The fraction of sp³-hybridized carbons (Fsp3) is 0.316. The number of ether oxygens (including phenoxy) is 1. The van der Waals surface area contributed by atoms with Gasteiger partial charge in [-0.1, -0.05) is 23.2 Å². The van der Waals surface area contributed by atoms with Crippen LogP contribution in [-0.2, 0) is 0 Å². The SMILES string of the molecule is O=C(NC1CCN(c2ccc(OC(F)(F)F)cc2)CC1)c1cc(F)c(Cl)cc1Cl. The fourth-order valence-corrected chi connectivity index (χ4v) is 3.57. The average molecular weight is 451 g/mol. The van der Waals surface area contributed by atoms with Gasteiger partial charge in [0.05, 0.1) is 15.6 Å². The van der Waals surface area contributed by atoms with Crippen molar-refractivity contribution in [3.8, 4) is 5.75 Å². The zero-order chi connectivity index (χ0) is 21.2. The second-order valence-electron chi connectivity index (χ2n) is 6.52. The molecule has 1 fully saturated rings. The molecule has 1 amide bonds. The maximum Gasteiger partial charge on any atom is 0.573 e. The first kappa shape index (κ1) is 21.5. The average Bonchev–Trinajstić information content (AvgIpc) is 2.64. The van der Waals surface area contributed by atoms with Crippen LogP contribution in [0.15, 0.2) is 36.4 Å². The summed E-state index contributed by atoms with van der Waals surface area (Å²) in [5.41, 5.74) is 0.767. The predicted octanol–water partition coefficient (Wildman–Crippen LogP) is 5.43. The summed E-state index contributed by atoms with van der Waals surface area (Å²) in [6.45, 7) is 1.18. The summed E-state index contributed by atoms with van der Waals surface area (Å²) in [5, 5.41) is 2.73. The summed E-state index contributed by atoms with van der Waals surface area (Å²) < 4.78 is 54.2. The highest BCUT2D eigenvalue weighted by atomic mass is 35.5. The first-order chi connectivity index (χ1) is 13.6. The van der Waals surface area contributed by atoms with E-state index in [9.17, 15) is 22.4 Å².